The third kappa shape index (κ3) is 4.81. The third-order valence-corrected chi connectivity index (χ3v) is 5.76. The van der Waals surface area contributed by atoms with Crippen LogP contribution in [0.2, 0.25) is 0 Å². The van der Waals surface area contributed by atoms with Crippen molar-refractivity contribution < 1.29 is 17.9 Å². The molecular weight excluding hydrogens is 408 g/mol. The predicted octanol–water partition coefficient (Wildman–Crippen LogP) is 3.07. The highest BCUT2D eigenvalue weighted by Crippen LogP contribution is 2.23. The van der Waals surface area contributed by atoms with Crippen LogP contribution < -0.4 is 14.8 Å². The number of carbonyl (C=O) groups excluding carboxylic acids is 1. The fraction of sp³-hybridized carbons (Fsp3) is 0.235. The lowest BCUT2D eigenvalue weighted by molar-refractivity contribution is -0.117. The maximum atomic E-state index is 12.5. The van der Waals surface area contributed by atoms with Crippen LogP contribution in [-0.4, -0.2) is 27.5 Å². The van der Waals surface area contributed by atoms with E-state index in [9.17, 15) is 13.2 Å². The van der Waals surface area contributed by atoms with Crippen LogP contribution in [0.3, 0.4) is 0 Å². The van der Waals surface area contributed by atoms with Crippen molar-refractivity contribution in [1.29, 1.82) is 0 Å². The summed E-state index contributed by atoms with van der Waals surface area (Å²) in [6, 6.07) is 10.7. The highest BCUT2D eigenvalue weighted by Gasteiger charge is 2.23. The zero-order valence-corrected chi connectivity index (χ0v) is 16.4. The van der Waals surface area contributed by atoms with E-state index in [0.29, 0.717) is 21.5 Å². The Balaban J connectivity index is 2.12. The molecule has 0 aliphatic rings. The molecule has 0 heterocycles. The lowest BCUT2D eigenvalue weighted by atomic mass is 10.2. The summed E-state index contributed by atoms with van der Waals surface area (Å²) in [5.41, 5.74) is 1.26. The zero-order chi connectivity index (χ0) is 18.6. The SMILES string of the molecule is COc1ccc(S(=O)(=O)N[C@H](C)C(=O)Nc2ccccc2Br)cc1C. The van der Waals surface area contributed by atoms with E-state index < -0.39 is 22.0 Å². The van der Waals surface area contributed by atoms with Gasteiger partial charge in [-0.15, -0.1) is 0 Å². The van der Waals surface area contributed by atoms with Crippen molar-refractivity contribution in [2.75, 3.05) is 12.4 Å². The molecule has 6 nitrogen and oxygen atoms in total. The number of methoxy groups -OCH3 is 1. The van der Waals surface area contributed by atoms with E-state index in [2.05, 4.69) is 26.0 Å². The Morgan fingerprint density at radius 3 is 2.48 bits per heavy atom. The van der Waals surface area contributed by atoms with E-state index in [-0.39, 0.29) is 4.90 Å². The summed E-state index contributed by atoms with van der Waals surface area (Å²) < 4.78 is 33.2. The van der Waals surface area contributed by atoms with E-state index in [0.717, 1.165) is 0 Å². The summed E-state index contributed by atoms with van der Waals surface area (Å²) >= 11 is 3.33. The van der Waals surface area contributed by atoms with Gasteiger partial charge in [0.05, 0.1) is 23.7 Å². The minimum atomic E-state index is -3.83. The molecule has 2 aromatic rings. The van der Waals surface area contributed by atoms with Gasteiger partial charge in [0.1, 0.15) is 5.75 Å². The van der Waals surface area contributed by atoms with E-state index >= 15 is 0 Å². The molecule has 0 radical (unpaired) electrons. The second-order valence-corrected chi connectivity index (χ2v) is 8.01. The molecule has 0 saturated carbocycles. The minimum Gasteiger partial charge on any atom is -0.496 e. The van der Waals surface area contributed by atoms with Gasteiger partial charge in [0, 0.05) is 4.47 Å². The Labute approximate surface area is 155 Å². The molecule has 2 N–H and O–H groups in total. The number of hydrogen-bond acceptors (Lipinski definition) is 4. The first-order valence-electron chi connectivity index (χ1n) is 7.47. The van der Waals surface area contributed by atoms with E-state index in [1.165, 1.54) is 26.2 Å². The number of ether oxygens (including phenoxy) is 1. The summed E-state index contributed by atoms with van der Waals surface area (Å²) in [6.07, 6.45) is 0. The van der Waals surface area contributed by atoms with Crippen LogP contribution >= 0.6 is 15.9 Å². The van der Waals surface area contributed by atoms with Crippen molar-refractivity contribution in [2.24, 2.45) is 0 Å². The number of carbonyl (C=O) groups is 1. The molecule has 0 spiro atoms. The highest BCUT2D eigenvalue weighted by atomic mass is 79.9. The molecule has 134 valence electrons. The lowest BCUT2D eigenvalue weighted by Crippen LogP contribution is -2.41. The Hall–Kier alpha value is -1.90. The number of benzene rings is 2. The molecule has 2 aromatic carbocycles. The van der Waals surface area contributed by atoms with Crippen molar-refractivity contribution in [3.63, 3.8) is 0 Å². The lowest BCUT2D eigenvalue weighted by Gasteiger charge is -2.16. The zero-order valence-electron chi connectivity index (χ0n) is 14.0. The highest BCUT2D eigenvalue weighted by molar-refractivity contribution is 9.10. The van der Waals surface area contributed by atoms with Gasteiger partial charge in [-0.3, -0.25) is 4.79 Å². The van der Waals surface area contributed by atoms with Crippen molar-refractivity contribution in [3.8, 4) is 5.75 Å². The second kappa shape index (κ2) is 7.99. The fourth-order valence-corrected chi connectivity index (χ4v) is 3.85. The van der Waals surface area contributed by atoms with Crippen LogP contribution in [0.4, 0.5) is 5.69 Å². The van der Waals surface area contributed by atoms with E-state index in [1.807, 2.05) is 6.07 Å². The number of para-hydroxylation sites is 1. The smallest absolute Gasteiger partial charge is 0.242 e. The summed E-state index contributed by atoms with van der Waals surface area (Å²) in [7, 11) is -2.32. The van der Waals surface area contributed by atoms with Crippen LogP contribution in [-0.2, 0) is 14.8 Å². The third-order valence-electron chi connectivity index (χ3n) is 3.53. The summed E-state index contributed by atoms with van der Waals surface area (Å²) in [5, 5.41) is 2.68. The molecule has 0 aromatic heterocycles. The van der Waals surface area contributed by atoms with Gasteiger partial charge in [-0.05, 0) is 65.7 Å². The van der Waals surface area contributed by atoms with E-state index in [1.54, 1.807) is 31.2 Å². The van der Waals surface area contributed by atoms with Gasteiger partial charge in [-0.2, -0.15) is 4.72 Å². The standard InChI is InChI=1S/C17H19BrN2O4S/c1-11-10-13(8-9-16(11)24-3)25(22,23)20-12(2)17(21)19-15-7-5-4-6-14(15)18/h4-10,12,20H,1-3H3,(H,19,21)/t12-/m1/s1. The molecular formula is C17H19BrN2O4S. The quantitative estimate of drug-likeness (QED) is 0.742. The average Bonchev–Trinajstić information content (AvgIpc) is 2.56. The first-order valence-corrected chi connectivity index (χ1v) is 9.74. The largest absolute Gasteiger partial charge is 0.496 e. The normalized spacial score (nSPS) is 12.5. The van der Waals surface area contributed by atoms with Crippen molar-refractivity contribution in [3.05, 3.63) is 52.5 Å². The Bertz CT molecular complexity index is 884. The molecule has 1 atom stereocenters. The van der Waals surface area contributed by atoms with Gasteiger partial charge in [-0.25, -0.2) is 8.42 Å². The van der Waals surface area contributed by atoms with Crippen LogP contribution in [0.1, 0.15) is 12.5 Å². The number of hydrogen-bond donors (Lipinski definition) is 2. The maximum absolute atomic E-state index is 12.5. The summed E-state index contributed by atoms with van der Waals surface area (Å²) in [5.74, 6) is 0.138. The number of halogens is 1. The number of aryl methyl sites for hydroxylation is 1. The van der Waals surface area contributed by atoms with Gasteiger partial charge in [-0.1, -0.05) is 12.1 Å². The van der Waals surface area contributed by atoms with Crippen molar-refractivity contribution in [2.45, 2.75) is 24.8 Å². The van der Waals surface area contributed by atoms with Crippen LogP contribution in [0, 0.1) is 6.92 Å². The van der Waals surface area contributed by atoms with Crippen LogP contribution in [0.25, 0.3) is 0 Å². The van der Waals surface area contributed by atoms with Crippen LogP contribution in [0.5, 0.6) is 5.75 Å². The minimum absolute atomic E-state index is 0.0753. The average molecular weight is 427 g/mol. The maximum Gasteiger partial charge on any atom is 0.242 e. The number of sulfonamides is 1. The molecule has 1 amide bonds. The molecule has 0 fully saturated rings. The van der Waals surface area contributed by atoms with Gasteiger partial charge in [0.15, 0.2) is 0 Å². The molecule has 0 unspecified atom stereocenters. The number of nitrogens with one attached hydrogen (secondary N) is 2. The Morgan fingerprint density at radius 1 is 1.20 bits per heavy atom. The number of amides is 1. The Kier molecular flexibility index (Phi) is 6.21. The monoisotopic (exact) mass is 426 g/mol. The molecule has 8 heteroatoms. The van der Waals surface area contributed by atoms with Crippen LogP contribution in [0.15, 0.2) is 51.8 Å². The van der Waals surface area contributed by atoms with Crippen molar-refractivity contribution >= 4 is 37.5 Å². The van der Waals surface area contributed by atoms with Crippen molar-refractivity contribution in [1.82, 2.24) is 4.72 Å². The predicted molar refractivity (Wildman–Crippen MR) is 100 cm³/mol. The van der Waals surface area contributed by atoms with E-state index in [4.69, 9.17) is 4.74 Å². The fourth-order valence-electron chi connectivity index (χ4n) is 2.18. The summed E-state index contributed by atoms with van der Waals surface area (Å²) in [6.45, 7) is 3.24. The van der Waals surface area contributed by atoms with Gasteiger partial charge >= 0.3 is 0 Å². The molecule has 25 heavy (non-hydrogen) atoms. The van der Waals surface area contributed by atoms with Gasteiger partial charge in [0.2, 0.25) is 15.9 Å². The first-order chi connectivity index (χ1) is 11.7. The van der Waals surface area contributed by atoms with Gasteiger partial charge in [0.25, 0.3) is 0 Å². The topological polar surface area (TPSA) is 84.5 Å². The Morgan fingerprint density at radius 2 is 1.88 bits per heavy atom. The number of rotatable bonds is 6. The molecule has 2 rings (SSSR count). The second-order valence-electron chi connectivity index (χ2n) is 5.44. The first kappa shape index (κ1) is 19.4. The molecule has 0 aliphatic carbocycles. The molecule has 0 aliphatic heterocycles. The summed E-state index contributed by atoms with van der Waals surface area (Å²) in [4.78, 5) is 12.3. The molecule has 0 saturated heterocycles. The number of anilines is 1. The molecule has 0 bridgehead atoms. The van der Waals surface area contributed by atoms with Gasteiger partial charge < -0.3 is 10.1 Å².